The molecule has 0 aliphatic heterocycles. The number of nitrogens with one attached hydrogen (secondary N) is 2. The van der Waals surface area contributed by atoms with Gasteiger partial charge in [-0.2, -0.15) is 0 Å². The first-order valence-corrected chi connectivity index (χ1v) is 6.78. The van der Waals surface area contributed by atoms with Crippen molar-refractivity contribution in [3.05, 3.63) is 26.7 Å². The molecular formula is C10H13BrN4OS. The van der Waals surface area contributed by atoms with Gasteiger partial charge in [0.15, 0.2) is 0 Å². The molecule has 5 nitrogen and oxygen atoms in total. The molecule has 1 atom stereocenters. The van der Waals surface area contributed by atoms with Crippen molar-refractivity contribution in [2.24, 2.45) is 0 Å². The van der Waals surface area contributed by atoms with Crippen LogP contribution in [-0.2, 0) is 6.54 Å². The van der Waals surface area contributed by atoms with Crippen molar-refractivity contribution < 1.29 is 4.42 Å². The van der Waals surface area contributed by atoms with Gasteiger partial charge in [0.2, 0.25) is 5.89 Å². The summed E-state index contributed by atoms with van der Waals surface area (Å²) >= 11 is 5.10. The minimum absolute atomic E-state index is 0.0638. The Bertz CT molecular complexity index is 484. The lowest BCUT2D eigenvalue weighted by Gasteiger charge is -2.02. The monoisotopic (exact) mass is 316 g/mol. The molecule has 0 aliphatic rings. The van der Waals surface area contributed by atoms with E-state index in [-0.39, 0.29) is 6.04 Å². The van der Waals surface area contributed by atoms with Crippen molar-refractivity contribution in [2.45, 2.75) is 19.5 Å². The van der Waals surface area contributed by atoms with Crippen LogP contribution in [0.1, 0.15) is 23.7 Å². The Kier molecular flexibility index (Phi) is 4.14. The minimum atomic E-state index is 0.0638. The number of aromatic nitrogens is 2. The first kappa shape index (κ1) is 12.5. The molecular weight excluding hydrogens is 304 g/mol. The Morgan fingerprint density at radius 2 is 2.29 bits per heavy atom. The number of anilines is 1. The summed E-state index contributed by atoms with van der Waals surface area (Å²) in [6.45, 7) is 2.65. The first-order valence-electron chi connectivity index (χ1n) is 5.18. The summed E-state index contributed by atoms with van der Waals surface area (Å²) in [5, 5.41) is 14.0. The van der Waals surface area contributed by atoms with Gasteiger partial charge in [-0.1, -0.05) is 5.10 Å². The van der Waals surface area contributed by atoms with Crippen LogP contribution in [0.2, 0.25) is 0 Å². The quantitative estimate of drug-likeness (QED) is 0.888. The molecule has 0 spiro atoms. The summed E-state index contributed by atoms with van der Waals surface area (Å²) in [4.78, 5) is 1.21. The van der Waals surface area contributed by atoms with Crippen LogP contribution in [-0.4, -0.2) is 17.2 Å². The lowest BCUT2D eigenvalue weighted by molar-refractivity contribution is 0.441. The van der Waals surface area contributed by atoms with Crippen molar-refractivity contribution in [2.75, 3.05) is 12.4 Å². The molecule has 0 aliphatic carbocycles. The number of nitrogens with zero attached hydrogens (tertiary/aromatic N) is 2. The average Bonchev–Trinajstić information content (AvgIpc) is 2.94. The molecule has 17 heavy (non-hydrogen) atoms. The molecule has 2 N–H and O–H groups in total. The Hall–Kier alpha value is -0.920. The average molecular weight is 317 g/mol. The molecule has 0 fully saturated rings. The topological polar surface area (TPSA) is 63.0 Å². The normalized spacial score (nSPS) is 12.6. The smallest absolute Gasteiger partial charge is 0.315 e. The molecule has 7 heteroatoms. The van der Waals surface area contributed by atoms with E-state index in [9.17, 15) is 0 Å². The lowest BCUT2D eigenvalue weighted by atomic mass is 10.3. The zero-order valence-corrected chi connectivity index (χ0v) is 11.9. The van der Waals surface area contributed by atoms with Gasteiger partial charge < -0.3 is 15.1 Å². The van der Waals surface area contributed by atoms with Crippen molar-refractivity contribution in [3.63, 3.8) is 0 Å². The first-order chi connectivity index (χ1) is 8.19. The summed E-state index contributed by atoms with van der Waals surface area (Å²) in [5.41, 5.74) is 0. The van der Waals surface area contributed by atoms with Gasteiger partial charge in [-0.05, 0) is 42.0 Å². The van der Waals surface area contributed by atoms with Crippen LogP contribution in [0.4, 0.5) is 6.01 Å². The predicted octanol–water partition coefficient (Wildman–Crippen LogP) is 2.79. The van der Waals surface area contributed by atoms with E-state index in [0.29, 0.717) is 18.5 Å². The van der Waals surface area contributed by atoms with Gasteiger partial charge in [-0.3, -0.25) is 0 Å². The molecule has 92 valence electrons. The highest BCUT2D eigenvalue weighted by Gasteiger charge is 2.11. The maximum atomic E-state index is 5.46. The van der Waals surface area contributed by atoms with Crippen LogP contribution in [0.15, 0.2) is 20.3 Å². The molecule has 2 aromatic heterocycles. The lowest BCUT2D eigenvalue weighted by Crippen LogP contribution is -2.12. The maximum Gasteiger partial charge on any atom is 0.315 e. The fourth-order valence-corrected chi connectivity index (χ4v) is 2.64. The summed E-state index contributed by atoms with van der Waals surface area (Å²) in [6, 6.07) is 4.58. The maximum absolute atomic E-state index is 5.46. The second kappa shape index (κ2) is 5.61. The number of hydrogen-bond acceptors (Lipinski definition) is 6. The van der Waals surface area contributed by atoms with Crippen LogP contribution in [0.5, 0.6) is 0 Å². The molecule has 0 saturated heterocycles. The highest BCUT2D eigenvalue weighted by atomic mass is 79.9. The second-order valence-corrected chi connectivity index (χ2v) is 6.06. The summed E-state index contributed by atoms with van der Waals surface area (Å²) in [5.74, 6) is 0.586. The third-order valence-corrected chi connectivity index (χ3v) is 3.91. The SMILES string of the molecule is CNC(C)c1nnc(NCc2ccc(Br)s2)o1. The van der Waals surface area contributed by atoms with E-state index in [1.54, 1.807) is 11.3 Å². The zero-order chi connectivity index (χ0) is 12.3. The Morgan fingerprint density at radius 1 is 1.47 bits per heavy atom. The summed E-state index contributed by atoms with van der Waals surface area (Å²) in [7, 11) is 1.85. The van der Waals surface area contributed by atoms with Gasteiger partial charge in [0.1, 0.15) is 0 Å². The standard InChI is InChI=1S/C10H13BrN4OS/c1-6(12-2)9-14-15-10(16-9)13-5-7-3-4-8(11)17-7/h3-4,6,12H,5H2,1-2H3,(H,13,15). The zero-order valence-electron chi connectivity index (χ0n) is 9.53. The van der Waals surface area contributed by atoms with Crippen LogP contribution >= 0.6 is 27.3 Å². The molecule has 2 heterocycles. The Labute approximate surface area is 112 Å². The van der Waals surface area contributed by atoms with Crippen molar-refractivity contribution in [3.8, 4) is 0 Å². The largest absolute Gasteiger partial charge is 0.406 e. The van der Waals surface area contributed by atoms with E-state index >= 15 is 0 Å². The summed E-state index contributed by atoms with van der Waals surface area (Å²) in [6.07, 6.45) is 0. The van der Waals surface area contributed by atoms with E-state index in [4.69, 9.17) is 4.42 Å². The molecule has 0 saturated carbocycles. The van der Waals surface area contributed by atoms with E-state index in [0.717, 1.165) is 3.79 Å². The molecule has 2 aromatic rings. The number of halogens is 1. The molecule has 0 bridgehead atoms. The molecule has 0 amide bonds. The van der Waals surface area contributed by atoms with Crippen molar-refractivity contribution in [1.29, 1.82) is 0 Å². The van der Waals surface area contributed by atoms with E-state index in [1.165, 1.54) is 4.88 Å². The number of rotatable bonds is 5. The fourth-order valence-electron chi connectivity index (χ4n) is 1.21. The third-order valence-electron chi connectivity index (χ3n) is 2.29. The second-order valence-electron chi connectivity index (χ2n) is 3.52. The predicted molar refractivity (Wildman–Crippen MR) is 71.1 cm³/mol. The number of hydrogen-bond donors (Lipinski definition) is 2. The third kappa shape index (κ3) is 3.27. The molecule has 0 radical (unpaired) electrons. The number of thiophene rings is 1. The minimum Gasteiger partial charge on any atom is -0.406 e. The van der Waals surface area contributed by atoms with Crippen LogP contribution in [0.25, 0.3) is 0 Å². The fraction of sp³-hybridized carbons (Fsp3) is 0.400. The van der Waals surface area contributed by atoms with Crippen LogP contribution < -0.4 is 10.6 Å². The van der Waals surface area contributed by atoms with Gasteiger partial charge in [-0.15, -0.1) is 16.4 Å². The molecule has 1 unspecified atom stereocenters. The van der Waals surface area contributed by atoms with Gasteiger partial charge in [-0.25, -0.2) is 0 Å². The highest BCUT2D eigenvalue weighted by molar-refractivity contribution is 9.11. The van der Waals surface area contributed by atoms with Crippen LogP contribution in [0.3, 0.4) is 0 Å². The highest BCUT2D eigenvalue weighted by Crippen LogP contribution is 2.23. The molecule has 0 aromatic carbocycles. The van der Waals surface area contributed by atoms with Crippen molar-refractivity contribution in [1.82, 2.24) is 15.5 Å². The van der Waals surface area contributed by atoms with Crippen LogP contribution in [0, 0.1) is 0 Å². The van der Waals surface area contributed by atoms with E-state index in [1.807, 2.05) is 20.0 Å². The van der Waals surface area contributed by atoms with Crippen molar-refractivity contribution >= 4 is 33.3 Å². The van der Waals surface area contributed by atoms with E-state index in [2.05, 4.69) is 42.8 Å². The summed E-state index contributed by atoms with van der Waals surface area (Å²) < 4.78 is 6.58. The van der Waals surface area contributed by atoms with Gasteiger partial charge in [0.05, 0.1) is 16.4 Å². The molecule has 2 rings (SSSR count). The Balaban J connectivity index is 1.93. The van der Waals surface area contributed by atoms with Gasteiger partial charge in [0.25, 0.3) is 0 Å². The van der Waals surface area contributed by atoms with E-state index < -0.39 is 0 Å². The van der Waals surface area contributed by atoms with Gasteiger partial charge in [0, 0.05) is 4.88 Å². The Morgan fingerprint density at radius 3 is 2.94 bits per heavy atom. The van der Waals surface area contributed by atoms with Gasteiger partial charge >= 0.3 is 6.01 Å².